The van der Waals surface area contributed by atoms with Crippen molar-refractivity contribution in [3.63, 3.8) is 0 Å². The average Bonchev–Trinajstić information content (AvgIpc) is 1.35. The summed E-state index contributed by atoms with van der Waals surface area (Å²) in [5.41, 5.74) is 0. The van der Waals surface area contributed by atoms with Crippen molar-refractivity contribution in [2.75, 3.05) is 0 Å². The van der Waals surface area contributed by atoms with Crippen LogP contribution in [-0.2, 0) is 0 Å². The van der Waals surface area contributed by atoms with Crippen LogP contribution >= 0.6 is 22.6 Å². The smallest absolute Gasteiger partial charge is 0.0700 e. The number of hydrogen-bond donors (Lipinski definition) is 1. The molecule has 0 heterocycles. The molecule has 0 aromatic heterocycles. The molecule has 0 fully saturated rings. The van der Waals surface area contributed by atoms with Crippen LogP contribution in [0.5, 0.6) is 0 Å². The summed E-state index contributed by atoms with van der Waals surface area (Å²) < 4.78 is 1.79. The van der Waals surface area contributed by atoms with E-state index in [-0.39, 0.29) is 6.10 Å². The Morgan fingerprint density at radius 2 is 2.33 bits per heavy atom. The lowest BCUT2D eigenvalue weighted by atomic mass is 10.4. The highest BCUT2D eigenvalue weighted by molar-refractivity contribution is 14.1. The zero-order chi connectivity index (χ0) is 4.99. The SMILES string of the molecule is CC(O)C=CI. The first-order valence-electron chi connectivity index (χ1n) is 1.72. The summed E-state index contributed by atoms with van der Waals surface area (Å²) in [6, 6.07) is 0. The Morgan fingerprint density at radius 3 is 2.33 bits per heavy atom. The van der Waals surface area contributed by atoms with Gasteiger partial charge in [-0.1, -0.05) is 28.7 Å². The zero-order valence-corrected chi connectivity index (χ0v) is 5.71. The topological polar surface area (TPSA) is 20.2 Å². The highest BCUT2D eigenvalue weighted by Crippen LogP contribution is 1.87. The van der Waals surface area contributed by atoms with Crippen LogP contribution < -0.4 is 0 Å². The van der Waals surface area contributed by atoms with Crippen LogP contribution in [0.15, 0.2) is 10.2 Å². The zero-order valence-electron chi connectivity index (χ0n) is 3.56. The van der Waals surface area contributed by atoms with Gasteiger partial charge in [0, 0.05) is 0 Å². The third kappa shape index (κ3) is 4.43. The molecule has 1 unspecified atom stereocenters. The first-order valence-corrected chi connectivity index (χ1v) is 2.97. The lowest BCUT2D eigenvalue weighted by Gasteiger charge is -1.86. The fourth-order valence-corrected chi connectivity index (χ4v) is 0.706. The van der Waals surface area contributed by atoms with Gasteiger partial charge in [0.05, 0.1) is 6.10 Å². The van der Waals surface area contributed by atoms with E-state index < -0.39 is 0 Å². The van der Waals surface area contributed by atoms with Crippen molar-refractivity contribution in [1.29, 1.82) is 0 Å². The Balaban J connectivity index is 3.03. The van der Waals surface area contributed by atoms with Gasteiger partial charge in [0.2, 0.25) is 0 Å². The maximum atomic E-state index is 8.46. The molecule has 0 aromatic rings. The number of rotatable bonds is 1. The Kier molecular flexibility index (Phi) is 3.87. The van der Waals surface area contributed by atoms with Crippen molar-refractivity contribution in [2.45, 2.75) is 13.0 Å². The minimum Gasteiger partial charge on any atom is -0.389 e. The normalized spacial score (nSPS) is 15.8. The first kappa shape index (κ1) is 6.43. The predicted octanol–water partition coefficient (Wildman–Crippen LogP) is 1.32. The number of aliphatic hydroxyl groups is 1. The van der Waals surface area contributed by atoms with Gasteiger partial charge in [-0.3, -0.25) is 0 Å². The molecule has 0 bridgehead atoms. The summed E-state index contributed by atoms with van der Waals surface area (Å²) in [7, 11) is 0. The fraction of sp³-hybridized carbons (Fsp3) is 0.500. The molecule has 36 valence electrons. The highest BCUT2D eigenvalue weighted by atomic mass is 127. The molecule has 1 N–H and O–H groups in total. The van der Waals surface area contributed by atoms with Crippen LogP contribution in [0.1, 0.15) is 6.92 Å². The van der Waals surface area contributed by atoms with Crippen molar-refractivity contribution in [1.82, 2.24) is 0 Å². The van der Waals surface area contributed by atoms with Crippen LogP contribution in [0.2, 0.25) is 0 Å². The molecule has 0 saturated carbocycles. The molecular formula is C4H7IO. The molecule has 6 heavy (non-hydrogen) atoms. The Hall–Kier alpha value is 0.430. The number of hydrogen-bond acceptors (Lipinski definition) is 1. The van der Waals surface area contributed by atoms with Crippen molar-refractivity contribution in [3.8, 4) is 0 Å². The second-order valence-electron chi connectivity index (χ2n) is 1.06. The van der Waals surface area contributed by atoms with Gasteiger partial charge in [-0.25, -0.2) is 0 Å². The molecule has 0 aliphatic rings. The number of aliphatic hydroxyl groups excluding tert-OH is 1. The summed E-state index contributed by atoms with van der Waals surface area (Å²) in [4.78, 5) is 0. The molecule has 0 aliphatic heterocycles. The average molecular weight is 198 g/mol. The molecule has 2 heteroatoms. The molecule has 0 saturated heterocycles. The van der Waals surface area contributed by atoms with Crippen molar-refractivity contribution in [3.05, 3.63) is 10.2 Å². The molecule has 0 radical (unpaired) electrons. The van der Waals surface area contributed by atoms with E-state index in [0.717, 1.165) is 0 Å². The van der Waals surface area contributed by atoms with Crippen molar-refractivity contribution < 1.29 is 5.11 Å². The second kappa shape index (κ2) is 3.61. The van der Waals surface area contributed by atoms with Gasteiger partial charge in [0.25, 0.3) is 0 Å². The van der Waals surface area contributed by atoms with Crippen LogP contribution in [-0.4, -0.2) is 11.2 Å². The molecular weight excluding hydrogens is 191 g/mol. The monoisotopic (exact) mass is 198 g/mol. The third-order valence-electron chi connectivity index (χ3n) is 0.351. The lowest BCUT2D eigenvalue weighted by Crippen LogP contribution is -1.89. The van der Waals surface area contributed by atoms with E-state index in [1.165, 1.54) is 0 Å². The van der Waals surface area contributed by atoms with Crippen LogP contribution in [0.25, 0.3) is 0 Å². The van der Waals surface area contributed by atoms with Gasteiger partial charge in [-0.15, -0.1) is 0 Å². The minimum absolute atomic E-state index is 0.290. The molecule has 1 nitrogen and oxygen atoms in total. The van der Waals surface area contributed by atoms with Crippen LogP contribution in [0, 0.1) is 0 Å². The van der Waals surface area contributed by atoms with Gasteiger partial charge in [0.1, 0.15) is 0 Å². The summed E-state index contributed by atoms with van der Waals surface area (Å²) in [5.74, 6) is 0. The number of halogens is 1. The lowest BCUT2D eigenvalue weighted by molar-refractivity contribution is 0.244. The van der Waals surface area contributed by atoms with Crippen LogP contribution in [0.3, 0.4) is 0 Å². The highest BCUT2D eigenvalue weighted by Gasteiger charge is 1.78. The van der Waals surface area contributed by atoms with Crippen molar-refractivity contribution in [2.24, 2.45) is 0 Å². The Labute approximate surface area is 51.2 Å². The predicted molar refractivity (Wildman–Crippen MR) is 34.8 cm³/mol. The first-order chi connectivity index (χ1) is 2.77. The molecule has 0 rings (SSSR count). The summed E-state index contributed by atoms with van der Waals surface area (Å²) in [5, 5.41) is 8.46. The third-order valence-corrected chi connectivity index (χ3v) is 0.766. The molecule has 1 atom stereocenters. The van der Waals surface area contributed by atoms with E-state index in [1.807, 2.05) is 0 Å². The van der Waals surface area contributed by atoms with Gasteiger partial charge >= 0.3 is 0 Å². The van der Waals surface area contributed by atoms with Gasteiger partial charge in [-0.05, 0) is 11.0 Å². The maximum absolute atomic E-state index is 8.46. The van der Waals surface area contributed by atoms with E-state index in [9.17, 15) is 0 Å². The van der Waals surface area contributed by atoms with E-state index in [0.29, 0.717) is 0 Å². The molecule has 0 spiro atoms. The molecule has 0 amide bonds. The van der Waals surface area contributed by atoms with E-state index in [4.69, 9.17) is 5.11 Å². The fourth-order valence-electron chi connectivity index (χ4n) is 0.105. The quantitative estimate of drug-likeness (QED) is 0.630. The Morgan fingerprint density at radius 1 is 1.83 bits per heavy atom. The summed E-state index contributed by atoms with van der Waals surface area (Å²) in [6.45, 7) is 1.72. The van der Waals surface area contributed by atoms with E-state index >= 15 is 0 Å². The van der Waals surface area contributed by atoms with Gasteiger partial charge in [-0.2, -0.15) is 0 Å². The van der Waals surface area contributed by atoms with Gasteiger partial charge < -0.3 is 5.11 Å². The Bertz CT molecular complexity index is 49.5. The summed E-state index contributed by atoms with van der Waals surface area (Å²) in [6.07, 6.45) is 1.42. The largest absolute Gasteiger partial charge is 0.389 e. The second-order valence-corrected chi connectivity index (χ2v) is 1.78. The standard InChI is InChI=1S/C4H7IO/c1-4(6)2-3-5/h2-4,6H,1H3. The molecule has 0 aromatic carbocycles. The minimum atomic E-state index is -0.290. The molecule has 0 aliphatic carbocycles. The van der Waals surface area contributed by atoms with E-state index in [1.54, 1.807) is 17.1 Å². The van der Waals surface area contributed by atoms with Gasteiger partial charge in [0.15, 0.2) is 0 Å². The van der Waals surface area contributed by atoms with E-state index in [2.05, 4.69) is 22.6 Å². The maximum Gasteiger partial charge on any atom is 0.0700 e. The summed E-state index contributed by atoms with van der Waals surface area (Å²) >= 11 is 2.06. The van der Waals surface area contributed by atoms with Crippen molar-refractivity contribution >= 4 is 22.6 Å². The van der Waals surface area contributed by atoms with Crippen LogP contribution in [0.4, 0.5) is 0 Å².